The van der Waals surface area contributed by atoms with Crippen molar-refractivity contribution < 1.29 is 9.15 Å². The van der Waals surface area contributed by atoms with Crippen LogP contribution in [-0.2, 0) is 11.2 Å². The smallest absolute Gasteiger partial charge is 0.105 e. The molecule has 0 amide bonds. The van der Waals surface area contributed by atoms with Crippen LogP contribution in [0.3, 0.4) is 0 Å². The van der Waals surface area contributed by atoms with Crippen LogP contribution in [0.15, 0.2) is 22.8 Å². The molecule has 92 valence electrons. The number of likely N-dealkylation sites (N-methyl/N-ethyl adjacent to an activating group) is 1. The van der Waals surface area contributed by atoms with Gasteiger partial charge in [0.2, 0.25) is 0 Å². The largest absolute Gasteiger partial charge is 0.469 e. The Hall–Kier alpha value is -0.800. The van der Waals surface area contributed by atoms with E-state index in [-0.39, 0.29) is 6.10 Å². The van der Waals surface area contributed by atoms with Crippen LogP contribution in [0.1, 0.15) is 33.0 Å². The molecule has 0 fully saturated rings. The van der Waals surface area contributed by atoms with Crippen molar-refractivity contribution in [3.8, 4) is 0 Å². The molecule has 0 aliphatic rings. The average molecular weight is 225 g/mol. The van der Waals surface area contributed by atoms with Gasteiger partial charge in [-0.05, 0) is 32.0 Å². The molecule has 1 heterocycles. The molecule has 3 heteroatoms. The van der Waals surface area contributed by atoms with Crippen molar-refractivity contribution in [2.45, 2.75) is 45.8 Å². The lowest BCUT2D eigenvalue weighted by Gasteiger charge is -2.26. The van der Waals surface area contributed by atoms with E-state index in [1.807, 2.05) is 19.1 Å². The molecule has 16 heavy (non-hydrogen) atoms. The molecule has 3 nitrogen and oxygen atoms in total. The van der Waals surface area contributed by atoms with Crippen LogP contribution < -0.4 is 5.32 Å². The van der Waals surface area contributed by atoms with Crippen molar-refractivity contribution in [2.24, 2.45) is 0 Å². The van der Waals surface area contributed by atoms with E-state index in [4.69, 9.17) is 9.15 Å². The lowest BCUT2D eigenvalue weighted by atomic mass is 10.0. The van der Waals surface area contributed by atoms with Crippen molar-refractivity contribution in [3.05, 3.63) is 24.2 Å². The Morgan fingerprint density at radius 3 is 2.69 bits per heavy atom. The third-order valence-electron chi connectivity index (χ3n) is 2.70. The zero-order valence-corrected chi connectivity index (χ0v) is 10.5. The third kappa shape index (κ3) is 3.99. The molecule has 0 spiro atoms. The topological polar surface area (TPSA) is 34.4 Å². The minimum atomic E-state index is 0.259. The van der Waals surface area contributed by atoms with E-state index in [9.17, 15) is 0 Å². The van der Waals surface area contributed by atoms with Crippen LogP contribution >= 0.6 is 0 Å². The predicted octanol–water partition coefficient (Wildman–Crippen LogP) is 2.62. The first-order valence-electron chi connectivity index (χ1n) is 6.19. The van der Waals surface area contributed by atoms with Crippen molar-refractivity contribution in [3.63, 3.8) is 0 Å². The van der Waals surface area contributed by atoms with Gasteiger partial charge in [-0.3, -0.25) is 0 Å². The van der Waals surface area contributed by atoms with Gasteiger partial charge in [-0.15, -0.1) is 0 Å². The minimum absolute atomic E-state index is 0.259. The highest BCUT2D eigenvalue weighted by atomic mass is 16.5. The Balaban J connectivity index is 2.57. The van der Waals surface area contributed by atoms with Gasteiger partial charge >= 0.3 is 0 Å². The average Bonchev–Trinajstić information content (AvgIpc) is 2.78. The third-order valence-corrected chi connectivity index (χ3v) is 2.70. The number of hydrogen-bond acceptors (Lipinski definition) is 3. The van der Waals surface area contributed by atoms with E-state index >= 15 is 0 Å². The van der Waals surface area contributed by atoms with Gasteiger partial charge in [0.25, 0.3) is 0 Å². The molecule has 0 radical (unpaired) electrons. The van der Waals surface area contributed by atoms with Crippen LogP contribution in [0.5, 0.6) is 0 Å². The summed E-state index contributed by atoms with van der Waals surface area (Å²) >= 11 is 0. The van der Waals surface area contributed by atoms with Gasteiger partial charge in [0.15, 0.2) is 0 Å². The van der Waals surface area contributed by atoms with E-state index < -0.39 is 0 Å². The van der Waals surface area contributed by atoms with Gasteiger partial charge in [0, 0.05) is 19.1 Å². The molecule has 1 N–H and O–H groups in total. The second-order valence-electron chi connectivity index (χ2n) is 3.85. The summed E-state index contributed by atoms with van der Waals surface area (Å²) in [4.78, 5) is 0. The van der Waals surface area contributed by atoms with Gasteiger partial charge in [-0.1, -0.05) is 13.8 Å². The summed E-state index contributed by atoms with van der Waals surface area (Å²) in [5, 5.41) is 3.47. The van der Waals surface area contributed by atoms with Gasteiger partial charge < -0.3 is 14.5 Å². The summed E-state index contributed by atoms with van der Waals surface area (Å²) in [6, 6.07) is 4.28. The van der Waals surface area contributed by atoms with Crippen LogP contribution in [0.2, 0.25) is 0 Å². The first kappa shape index (κ1) is 13.3. The summed E-state index contributed by atoms with van der Waals surface area (Å²) in [6.45, 7) is 8.03. The van der Waals surface area contributed by atoms with Crippen LogP contribution in [0, 0.1) is 0 Å². The second kappa shape index (κ2) is 7.47. The SMILES string of the molecule is CCNC(Cc1ccco1)C(CC)OCC. The van der Waals surface area contributed by atoms with Gasteiger partial charge in [0.05, 0.1) is 12.4 Å². The highest BCUT2D eigenvalue weighted by molar-refractivity contribution is 5.01. The van der Waals surface area contributed by atoms with E-state index in [0.29, 0.717) is 6.04 Å². The number of furan rings is 1. The Morgan fingerprint density at radius 2 is 2.19 bits per heavy atom. The zero-order chi connectivity index (χ0) is 11.8. The van der Waals surface area contributed by atoms with Gasteiger partial charge in [-0.25, -0.2) is 0 Å². The molecule has 0 aromatic carbocycles. The van der Waals surface area contributed by atoms with Crippen LogP contribution in [0.25, 0.3) is 0 Å². The first-order valence-corrected chi connectivity index (χ1v) is 6.19. The Morgan fingerprint density at radius 1 is 1.38 bits per heavy atom. The normalized spacial score (nSPS) is 14.9. The van der Waals surface area contributed by atoms with Crippen molar-refractivity contribution in [1.29, 1.82) is 0 Å². The second-order valence-corrected chi connectivity index (χ2v) is 3.85. The monoisotopic (exact) mass is 225 g/mol. The summed E-state index contributed by atoms with van der Waals surface area (Å²) < 4.78 is 11.1. The minimum Gasteiger partial charge on any atom is -0.469 e. The lowest BCUT2D eigenvalue weighted by molar-refractivity contribution is 0.0311. The molecule has 0 bridgehead atoms. The summed E-state index contributed by atoms with van der Waals surface area (Å²) in [7, 11) is 0. The Bertz CT molecular complexity index is 259. The summed E-state index contributed by atoms with van der Waals surface area (Å²) in [6.07, 6.45) is 3.89. The maximum absolute atomic E-state index is 5.75. The fraction of sp³-hybridized carbons (Fsp3) is 0.692. The quantitative estimate of drug-likeness (QED) is 0.738. The molecule has 1 rings (SSSR count). The fourth-order valence-electron chi connectivity index (χ4n) is 1.98. The van der Waals surface area contributed by atoms with E-state index in [1.165, 1.54) is 0 Å². The van der Waals surface area contributed by atoms with E-state index in [2.05, 4.69) is 19.2 Å². The highest BCUT2D eigenvalue weighted by Gasteiger charge is 2.20. The first-order chi connectivity index (χ1) is 7.81. The van der Waals surface area contributed by atoms with Crippen molar-refractivity contribution in [2.75, 3.05) is 13.2 Å². The van der Waals surface area contributed by atoms with Crippen molar-refractivity contribution >= 4 is 0 Å². The molecule has 1 aromatic rings. The number of ether oxygens (including phenoxy) is 1. The molecule has 0 saturated heterocycles. The van der Waals surface area contributed by atoms with Crippen LogP contribution in [0.4, 0.5) is 0 Å². The Labute approximate surface area is 98.2 Å². The van der Waals surface area contributed by atoms with E-state index in [1.54, 1.807) is 6.26 Å². The van der Waals surface area contributed by atoms with E-state index in [0.717, 1.165) is 31.8 Å². The molecule has 2 unspecified atom stereocenters. The van der Waals surface area contributed by atoms with Gasteiger partial charge in [0.1, 0.15) is 5.76 Å². The molecule has 0 aliphatic heterocycles. The van der Waals surface area contributed by atoms with Crippen molar-refractivity contribution in [1.82, 2.24) is 5.32 Å². The molecule has 0 aliphatic carbocycles. The number of hydrogen-bond donors (Lipinski definition) is 1. The number of rotatable bonds is 8. The molecule has 0 saturated carbocycles. The maximum Gasteiger partial charge on any atom is 0.105 e. The zero-order valence-electron chi connectivity index (χ0n) is 10.5. The molecular formula is C13H23NO2. The fourth-order valence-corrected chi connectivity index (χ4v) is 1.98. The molecule has 2 atom stereocenters. The maximum atomic E-state index is 5.75. The van der Waals surface area contributed by atoms with Gasteiger partial charge in [-0.2, -0.15) is 0 Å². The predicted molar refractivity (Wildman–Crippen MR) is 65.6 cm³/mol. The summed E-state index contributed by atoms with van der Waals surface area (Å²) in [5.41, 5.74) is 0. The number of nitrogens with one attached hydrogen (secondary N) is 1. The lowest BCUT2D eigenvalue weighted by Crippen LogP contribution is -2.42. The molecular weight excluding hydrogens is 202 g/mol. The Kier molecular flexibility index (Phi) is 6.19. The summed E-state index contributed by atoms with van der Waals surface area (Å²) in [5.74, 6) is 1.02. The highest BCUT2D eigenvalue weighted by Crippen LogP contribution is 2.12. The molecule has 1 aromatic heterocycles. The standard InChI is InChI=1S/C13H23NO2/c1-4-13(15-6-3)12(14-5-2)10-11-8-7-9-16-11/h7-9,12-14H,4-6,10H2,1-3H3. The van der Waals surface area contributed by atoms with Crippen LogP contribution in [-0.4, -0.2) is 25.3 Å².